The Morgan fingerprint density at radius 1 is 1.60 bits per heavy atom. The van der Waals surface area contributed by atoms with Gasteiger partial charge in [0.2, 0.25) is 5.91 Å². The molecular weight excluding hydrogens is 130 g/mol. The molecule has 0 aliphatic carbocycles. The first-order valence-electron chi connectivity index (χ1n) is 3.58. The highest BCUT2D eigenvalue weighted by Crippen LogP contribution is 2.21. The Kier molecular flexibility index (Phi) is 1.94. The van der Waals surface area contributed by atoms with Gasteiger partial charge in [0.25, 0.3) is 0 Å². The number of hydrogen-bond acceptors (Lipinski definition) is 2. The average molecular weight is 143 g/mol. The van der Waals surface area contributed by atoms with Crippen LogP contribution in [0.2, 0.25) is 0 Å². The number of aliphatic hydroxyl groups excluding tert-OH is 1. The molecule has 3 heteroatoms. The highest BCUT2D eigenvalue weighted by molar-refractivity contribution is 5.81. The predicted molar refractivity (Wildman–Crippen MR) is 37.3 cm³/mol. The maximum absolute atomic E-state index is 10.9. The van der Waals surface area contributed by atoms with E-state index in [2.05, 4.69) is 5.32 Å². The lowest BCUT2D eigenvalue weighted by Gasteiger charge is -2.12. The first-order valence-corrected chi connectivity index (χ1v) is 3.58. The maximum Gasteiger partial charge on any atom is 0.223 e. The number of carbonyl (C=O) groups is 1. The van der Waals surface area contributed by atoms with Crippen LogP contribution in [0.5, 0.6) is 0 Å². The van der Waals surface area contributed by atoms with Crippen molar-refractivity contribution in [3.8, 4) is 0 Å². The van der Waals surface area contributed by atoms with E-state index in [4.69, 9.17) is 5.11 Å². The molecule has 3 nitrogen and oxygen atoms in total. The molecule has 2 N–H and O–H groups in total. The van der Waals surface area contributed by atoms with Crippen molar-refractivity contribution in [2.45, 2.75) is 19.9 Å². The van der Waals surface area contributed by atoms with Crippen LogP contribution in [0, 0.1) is 11.8 Å². The highest BCUT2D eigenvalue weighted by atomic mass is 16.3. The first kappa shape index (κ1) is 7.54. The summed E-state index contributed by atoms with van der Waals surface area (Å²) in [5.41, 5.74) is 0. The van der Waals surface area contributed by atoms with Crippen molar-refractivity contribution >= 4 is 5.91 Å². The Balaban J connectivity index is 2.61. The Morgan fingerprint density at radius 2 is 2.20 bits per heavy atom. The summed E-state index contributed by atoms with van der Waals surface area (Å²) in [7, 11) is 0. The SMILES string of the molecule is C[C@H]1[C@@H](CO)NC(=O)[C@@H]1C. The van der Waals surface area contributed by atoms with Gasteiger partial charge in [0, 0.05) is 5.92 Å². The van der Waals surface area contributed by atoms with Crippen molar-refractivity contribution in [1.29, 1.82) is 0 Å². The van der Waals surface area contributed by atoms with Gasteiger partial charge in [-0.25, -0.2) is 0 Å². The minimum atomic E-state index is -0.0255. The maximum atomic E-state index is 10.9. The zero-order chi connectivity index (χ0) is 7.72. The largest absolute Gasteiger partial charge is 0.394 e. The van der Waals surface area contributed by atoms with Crippen molar-refractivity contribution in [3.63, 3.8) is 0 Å². The van der Waals surface area contributed by atoms with Gasteiger partial charge in [-0.2, -0.15) is 0 Å². The molecule has 1 aliphatic rings. The van der Waals surface area contributed by atoms with Gasteiger partial charge in [-0.1, -0.05) is 13.8 Å². The van der Waals surface area contributed by atoms with E-state index < -0.39 is 0 Å². The normalized spacial score (nSPS) is 39.9. The summed E-state index contributed by atoms with van der Waals surface area (Å²) < 4.78 is 0. The molecule has 3 atom stereocenters. The molecule has 0 aromatic heterocycles. The second-order valence-corrected chi connectivity index (χ2v) is 2.95. The van der Waals surface area contributed by atoms with Crippen molar-refractivity contribution in [2.24, 2.45) is 11.8 Å². The molecular formula is C7H13NO2. The molecule has 0 aromatic carbocycles. The molecule has 1 fully saturated rings. The van der Waals surface area contributed by atoms with Gasteiger partial charge in [-0.05, 0) is 5.92 Å². The predicted octanol–water partition coefficient (Wildman–Crippen LogP) is -0.251. The van der Waals surface area contributed by atoms with Crippen LogP contribution >= 0.6 is 0 Å². The third kappa shape index (κ3) is 1.01. The van der Waals surface area contributed by atoms with Crippen LogP contribution in [-0.2, 0) is 4.79 Å². The van der Waals surface area contributed by atoms with Gasteiger partial charge in [-0.15, -0.1) is 0 Å². The number of nitrogens with one attached hydrogen (secondary N) is 1. The summed E-state index contributed by atoms with van der Waals surface area (Å²) in [6, 6.07) is -0.0255. The summed E-state index contributed by atoms with van der Waals surface area (Å²) >= 11 is 0. The smallest absolute Gasteiger partial charge is 0.223 e. The van der Waals surface area contributed by atoms with E-state index in [-0.39, 0.29) is 30.4 Å². The molecule has 1 rings (SSSR count). The van der Waals surface area contributed by atoms with E-state index in [1.54, 1.807) is 0 Å². The molecule has 0 bridgehead atoms. The van der Waals surface area contributed by atoms with Crippen LogP contribution in [-0.4, -0.2) is 23.7 Å². The molecule has 0 saturated carbocycles. The molecule has 10 heavy (non-hydrogen) atoms. The van der Waals surface area contributed by atoms with E-state index >= 15 is 0 Å². The summed E-state index contributed by atoms with van der Waals surface area (Å²) in [5, 5.41) is 11.5. The van der Waals surface area contributed by atoms with Gasteiger partial charge in [0.1, 0.15) is 0 Å². The number of carbonyl (C=O) groups excluding carboxylic acids is 1. The Labute approximate surface area is 60.4 Å². The lowest BCUT2D eigenvalue weighted by atomic mass is 9.94. The number of hydrogen-bond donors (Lipinski definition) is 2. The highest BCUT2D eigenvalue weighted by Gasteiger charge is 2.35. The Hall–Kier alpha value is -0.570. The number of aliphatic hydroxyl groups is 1. The topological polar surface area (TPSA) is 49.3 Å². The van der Waals surface area contributed by atoms with Gasteiger partial charge >= 0.3 is 0 Å². The number of rotatable bonds is 1. The second kappa shape index (κ2) is 2.58. The Morgan fingerprint density at radius 3 is 2.40 bits per heavy atom. The lowest BCUT2D eigenvalue weighted by molar-refractivity contribution is -0.122. The second-order valence-electron chi connectivity index (χ2n) is 2.95. The minimum absolute atomic E-state index is 0.0255. The first-order chi connectivity index (χ1) is 4.66. The molecule has 0 aromatic rings. The van der Waals surface area contributed by atoms with Crippen LogP contribution in [0.1, 0.15) is 13.8 Å². The zero-order valence-electron chi connectivity index (χ0n) is 6.29. The fourth-order valence-electron chi connectivity index (χ4n) is 1.24. The van der Waals surface area contributed by atoms with E-state index in [1.165, 1.54) is 0 Å². The molecule has 1 amide bonds. The van der Waals surface area contributed by atoms with Crippen molar-refractivity contribution < 1.29 is 9.90 Å². The van der Waals surface area contributed by atoms with Gasteiger partial charge in [0.15, 0.2) is 0 Å². The molecule has 58 valence electrons. The number of amides is 1. The van der Waals surface area contributed by atoms with E-state index in [0.29, 0.717) is 0 Å². The van der Waals surface area contributed by atoms with E-state index in [9.17, 15) is 4.79 Å². The van der Waals surface area contributed by atoms with E-state index in [1.807, 2.05) is 13.8 Å². The summed E-state index contributed by atoms with van der Waals surface area (Å²) in [6.45, 7) is 3.91. The monoisotopic (exact) mass is 143 g/mol. The van der Waals surface area contributed by atoms with E-state index in [0.717, 1.165) is 0 Å². The molecule has 1 heterocycles. The quantitative estimate of drug-likeness (QED) is 0.531. The Bertz CT molecular complexity index is 147. The third-order valence-corrected chi connectivity index (χ3v) is 2.36. The van der Waals surface area contributed by atoms with Gasteiger partial charge in [-0.3, -0.25) is 4.79 Å². The van der Waals surface area contributed by atoms with Gasteiger partial charge in [0.05, 0.1) is 12.6 Å². The van der Waals surface area contributed by atoms with Crippen molar-refractivity contribution in [3.05, 3.63) is 0 Å². The fraction of sp³-hybridized carbons (Fsp3) is 0.857. The molecule has 1 saturated heterocycles. The molecule has 0 radical (unpaired) electrons. The van der Waals surface area contributed by atoms with Gasteiger partial charge < -0.3 is 10.4 Å². The standard InChI is InChI=1S/C7H13NO2/c1-4-5(2)7(10)8-6(4)3-9/h4-6,9H,3H2,1-2H3,(H,8,10)/t4-,5-,6-/m1/s1. The molecule has 0 unspecified atom stereocenters. The van der Waals surface area contributed by atoms with Crippen LogP contribution in [0.4, 0.5) is 0 Å². The lowest BCUT2D eigenvalue weighted by Crippen LogP contribution is -2.31. The zero-order valence-corrected chi connectivity index (χ0v) is 6.29. The van der Waals surface area contributed by atoms with Crippen LogP contribution in [0.3, 0.4) is 0 Å². The molecule has 1 aliphatic heterocycles. The summed E-state index contributed by atoms with van der Waals surface area (Å²) in [6.07, 6.45) is 0. The van der Waals surface area contributed by atoms with Crippen LogP contribution < -0.4 is 5.32 Å². The third-order valence-electron chi connectivity index (χ3n) is 2.36. The summed E-state index contributed by atoms with van der Waals surface area (Å²) in [4.78, 5) is 10.9. The summed E-state index contributed by atoms with van der Waals surface area (Å²) in [5.74, 6) is 0.376. The fourth-order valence-corrected chi connectivity index (χ4v) is 1.24. The van der Waals surface area contributed by atoms with Crippen molar-refractivity contribution in [2.75, 3.05) is 6.61 Å². The van der Waals surface area contributed by atoms with Crippen molar-refractivity contribution in [1.82, 2.24) is 5.32 Å². The average Bonchev–Trinajstić information content (AvgIpc) is 2.17. The molecule has 0 spiro atoms. The van der Waals surface area contributed by atoms with Crippen LogP contribution in [0.25, 0.3) is 0 Å². The minimum Gasteiger partial charge on any atom is -0.394 e. The van der Waals surface area contributed by atoms with Crippen LogP contribution in [0.15, 0.2) is 0 Å².